The summed E-state index contributed by atoms with van der Waals surface area (Å²) in [5.74, 6) is 1.28. The van der Waals surface area contributed by atoms with E-state index in [4.69, 9.17) is 14.2 Å². The van der Waals surface area contributed by atoms with E-state index in [0.29, 0.717) is 43.4 Å². The Kier molecular flexibility index (Phi) is 6.26. The van der Waals surface area contributed by atoms with E-state index in [0.717, 1.165) is 11.3 Å². The summed E-state index contributed by atoms with van der Waals surface area (Å²) >= 11 is 0. The van der Waals surface area contributed by atoms with E-state index in [2.05, 4.69) is 10.6 Å². The van der Waals surface area contributed by atoms with Crippen molar-refractivity contribution in [3.05, 3.63) is 48.0 Å². The Balaban J connectivity index is 1.54. The number of benzene rings is 2. The van der Waals surface area contributed by atoms with Crippen molar-refractivity contribution < 1.29 is 23.8 Å². The van der Waals surface area contributed by atoms with Crippen LogP contribution in [0.4, 0.5) is 5.69 Å². The Hall–Kier alpha value is -3.22. The summed E-state index contributed by atoms with van der Waals surface area (Å²) in [5.41, 5.74) is 0.399. The SMILES string of the molecule is COc1ccc(CCNC(=O)C(C)(C)C(=O)Nc2ccc3c(c2)OCCO3)cc1. The van der Waals surface area contributed by atoms with Crippen molar-refractivity contribution in [1.29, 1.82) is 0 Å². The van der Waals surface area contributed by atoms with Crippen molar-refractivity contribution in [2.45, 2.75) is 20.3 Å². The third-order valence-corrected chi connectivity index (χ3v) is 4.79. The number of ether oxygens (including phenoxy) is 3. The lowest BCUT2D eigenvalue weighted by atomic mass is 9.90. The summed E-state index contributed by atoms with van der Waals surface area (Å²) in [6, 6.07) is 12.8. The molecule has 3 rings (SSSR count). The fourth-order valence-electron chi connectivity index (χ4n) is 2.85. The molecule has 2 N–H and O–H groups in total. The van der Waals surface area contributed by atoms with E-state index >= 15 is 0 Å². The van der Waals surface area contributed by atoms with Crippen LogP contribution in [-0.2, 0) is 16.0 Å². The number of nitrogens with one attached hydrogen (secondary N) is 2. The van der Waals surface area contributed by atoms with Gasteiger partial charge in [-0.15, -0.1) is 0 Å². The highest BCUT2D eigenvalue weighted by atomic mass is 16.6. The minimum Gasteiger partial charge on any atom is -0.497 e. The molecule has 0 radical (unpaired) electrons. The minimum absolute atomic E-state index is 0.332. The molecule has 0 saturated heterocycles. The van der Waals surface area contributed by atoms with Crippen molar-refractivity contribution in [2.75, 3.05) is 32.2 Å². The minimum atomic E-state index is -1.23. The molecule has 29 heavy (non-hydrogen) atoms. The Bertz CT molecular complexity index is 877. The maximum atomic E-state index is 12.7. The summed E-state index contributed by atoms with van der Waals surface area (Å²) in [7, 11) is 1.62. The second-order valence-electron chi connectivity index (χ2n) is 7.29. The van der Waals surface area contributed by atoms with Gasteiger partial charge in [-0.1, -0.05) is 12.1 Å². The van der Waals surface area contributed by atoms with Crippen LogP contribution in [0.3, 0.4) is 0 Å². The summed E-state index contributed by atoms with van der Waals surface area (Å²) in [6.07, 6.45) is 0.662. The summed E-state index contributed by atoms with van der Waals surface area (Å²) in [6.45, 7) is 4.60. The summed E-state index contributed by atoms with van der Waals surface area (Å²) in [5, 5.41) is 5.63. The molecule has 2 aromatic carbocycles. The standard InChI is InChI=1S/C22H26N2O5/c1-22(2,20(25)23-11-10-15-4-7-17(27-3)8-5-15)21(26)24-16-6-9-18-19(14-16)29-13-12-28-18/h4-9,14H,10-13H2,1-3H3,(H,23,25)(H,24,26). The molecule has 2 aromatic rings. The van der Waals surface area contributed by atoms with E-state index in [9.17, 15) is 9.59 Å². The summed E-state index contributed by atoms with van der Waals surface area (Å²) < 4.78 is 16.1. The van der Waals surface area contributed by atoms with Crippen molar-refractivity contribution in [3.63, 3.8) is 0 Å². The van der Waals surface area contributed by atoms with Gasteiger partial charge < -0.3 is 24.8 Å². The number of carbonyl (C=O) groups excluding carboxylic acids is 2. The number of anilines is 1. The maximum absolute atomic E-state index is 12.7. The number of hydrogen-bond acceptors (Lipinski definition) is 5. The fraction of sp³-hybridized carbons (Fsp3) is 0.364. The van der Waals surface area contributed by atoms with E-state index in [1.54, 1.807) is 39.2 Å². The van der Waals surface area contributed by atoms with Crippen molar-refractivity contribution in [2.24, 2.45) is 5.41 Å². The largest absolute Gasteiger partial charge is 0.497 e. The predicted octanol–water partition coefficient (Wildman–Crippen LogP) is 2.79. The lowest BCUT2D eigenvalue weighted by Gasteiger charge is -2.24. The molecule has 0 aliphatic carbocycles. The van der Waals surface area contributed by atoms with Crippen molar-refractivity contribution in [3.8, 4) is 17.2 Å². The van der Waals surface area contributed by atoms with Crippen LogP contribution in [0, 0.1) is 5.41 Å². The van der Waals surface area contributed by atoms with Crippen LogP contribution < -0.4 is 24.8 Å². The molecule has 0 fully saturated rings. The zero-order chi connectivity index (χ0) is 20.9. The second-order valence-corrected chi connectivity index (χ2v) is 7.29. The van der Waals surface area contributed by atoms with Gasteiger partial charge in [0.1, 0.15) is 24.4 Å². The molecule has 0 bridgehead atoms. The number of hydrogen-bond donors (Lipinski definition) is 2. The van der Waals surface area contributed by atoms with E-state index in [-0.39, 0.29) is 5.91 Å². The van der Waals surface area contributed by atoms with Gasteiger partial charge in [-0.05, 0) is 50.1 Å². The molecule has 0 saturated carbocycles. The Labute approximate surface area is 170 Å². The first-order chi connectivity index (χ1) is 13.9. The van der Waals surface area contributed by atoms with Crippen molar-refractivity contribution in [1.82, 2.24) is 5.32 Å². The van der Waals surface area contributed by atoms with Crippen LogP contribution in [0.2, 0.25) is 0 Å². The number of fused-ring (bicyclic) bond motifs is 1. The molecule has 154 valence electrons. The van der Waals surface area contributed by atoms with E-state index in [1.165, 1.54) is 0 Å². The van der Waals surface area contributed by atoms with Gasteiger partial charge in [0.15, 0.2) is 11.5 Å². The molecule has 0 aromatic heterocycles. The Morgan fingerprint density at radius 3 is 2.38 bits per heavy atom. The van der Waals surface area contributed by atoms with Crippen molar-refractivity contribution >= 4 is 17.5 Å². The van der Waals surface area contributed by atoms with Crippen LogP contribution in [0.25, 0.3) is 0 Å². The highest BCUT2D eigenvalue weighted by molar-refractivity contribution is 6.09. The number of carbonyl (C=O) groups is 2. The average molecular weight is 398 g/mol. The highest BCUT2D eigenvalue weighted by Crippen LogP contribution is 2.33. The normalized spacial score (nSPS) is 12.8. The maximum Gasteiger partial charge on any atom is 0.239 e. The molecule has 1 aliphatic heterocycles. The van der Waals surface area contributed by atoms with Crippen LogP contribution in [-0.4, -0.2) is 38.7 Å². The quantitative estimate of drug-likeness (QED) is 0.701. The number of amides is 2. The molecule has 0 spiro atoms. The smallest absolute Gasteiger partial charge is 0.239 e. The van der Waals surface area contributed by atoms with Gasteiger partial charge in [0, 0.05) is 18.3 Å². The first-order valence-corrected chi connectivity index (χ1v) is 9.52. The van der Waals surface area contributed by atoms with Crippen LogP contribution in [0.15, 0.2) is 42.5 Å². The topological polar surface area (TPSA) is 85.9 Å². The molecular formula is C22H26N2O5. The average Bonchev–Trinajstić information content (AvgIpc) is 2.74. The first kappa shape index (κ1) is 20.5. The molecule has 7 nitrogen and oxygen atoms in total. The van der Waals surface area contributed by atoms with E-state index < -0.39 is 11.3 Å². The zero-order valence-corrected chi connectivity index (χ0v) is 16.9. The van der Waals surface area contributed by atoms with Gasteiger partial charge in [-0.3, -0.25) is 9.59 Å². The monoisotopic (exact) mass is 398 g/mol. The van der Waals surface area contributed by atoms with Gasteiger partial charge in [0.25, 0.3) is 0 Å². The Morgan fingerprint density at radius 1 is 1.00 bits per heavy atom. The first-order valence-electron chi connectivity index (χ1n) is 9.52. The van der Waals surface area contributed by atoms with Gasteiger partial charge in [0.05, 0.1) is 7.11 Å². The highest BCUT2D eigenvalue weighted by Gasteiger charge is 2.36. The third-order valence-electron chi connectivity index (χ3n) is 4.79. The zero-order valence-electron chi connectivity index (χ0n) is 16.9. The molecule has 1 heterocycles. The van der Waals surface area contributed by atoms with E-state index in [1.807, 2.05) is 24.3 Å². The fourth-order valence-corrected chi connectivity index (χ4v) is 2.85. The number of rotatable bonds is 7. The molecule has 1 aliphatic rings. The Morgan fingerprint density at radius 2 is 1.69 bits per heavy atom. The molecule has 0 unspecified atom stereocenters. The molecule has 7 heteroatoms. The van der Waals surface area contributed by atoms with Crippen LogP contribution in [0.5, 0.6) is 17.2 Å². The van der Waals surface area contributed by atoms with Crippen LogP contribution >= 0.6 is 0 Å². The van der Waals surface area contributed by atoms with Gasteiger partial charge in [-0.25, -0.2) is 0 Å². The van der Waals surface area contributed by atoms with Gasteiger partial charge >= 0.3 is 0 Å². The molecule has 2 amide bonds. The predicted molar refractivity (Wildman–Crippen MR) is 110 cm³/mol. The third kappa shape index (κ3) is 4.99. The molecule has 0 atom stereocenters. The lowest BCUT2D eigenvalue weighted by molar-refractivity contribution is -0.138. The summed E-state index contributed by atoms with van der Waals surface area (Å²) in [4.78, 5) is 25.3. The van der Waals surface area contributed by atoms with Gasteiger partial charge in [0.2, 0.25) is 11.8 Å². The second kappa shape index (κ2) is 8.86. The van der Waals surface area contributed by atoms with Crippen LogP contribution in [0.1, 0.15) is 19.4 Å². The lowest BCUT2D eigenvalue weighted by Crippen LogP contribution is -2.45. The molecular weight excluding hydrogens is 372 g/mol. The number of methoxy groups -OCH3 is 1. The van der Waals surface area contributed by atoms with Gasteiger partial charge in [-0.2, -0.15) is 0 Å².